The molecule has 0 radical (unpaired) electrons. The van der Waals surface area contributed by atoms with Crippen LogP contribution in [0, 0.1) is 0 Å². The van der Waals surface area contributed by atoms with Crippen LogP contribution in [0.2, 0.25) is 5.02 Å². The fourth-order valence-electron chi connectivity index (χ4n) is 5.68. The molecule has 2 aromatic carbocycles. The number of hydrogen-bond acceptors (Lipinski definition) is 6. The Hall–Kier alpha value is -3.98. The van der Waals surface area contributed by atoms with E-state index < -0.39 is 5.41 Å². The molecule has 0 bridgehead atoms. The van der Waals surface area contributed by atoms with Gasteiger partial charge in [-0.15, -0.1) is 0 Å². The molecule has 38 heavy (non-hydrogen) atoms. The van der Waals surface area contributed by atoms with Crippen LogP contribution in [0.15, 0.2) is 61.2 Å². The Kier molecular flexibility index (Phi) is 6.45. The van der Waals surface area contributed by atoms with Crippen molar-refractivity contribution in [3.63, 3.8) is 0 Å². The molecule has 6 rings (SSSR count). The molecule has 10 heteroatoms. The third kappa shape index (κ3) is 4.36. The van der Waals surface area contributed by atoms with Crippen LogP contribution in [-0.4, -0.2) is 50.0 Å². The number of nitrogens with one attached hydrogen (secondary N) is 2. The Labute approximate surface area is 224 Å². The summed E-state index contributed by atoms with van der Waals surface area (Å²) in [7, 11) is 0. The van der Waals surface area contributed by atoms with Crippen LogP contribution in [0.3, 0.4) is 0 Å². The van der Waals surface area contributed by atoms with Crippen molar-refractivity contribution >= 4 is 39.9 Å². The van der Waals surface area contributed by atoms with Crippen molar-refractivity contribution in [2.45, 2.75) is 43.6 Å². The fourth-order valence-corrected chi connectivity index (χ4v) is 5.85. The standard InChI is InChI=1S/C28H27ClN6O3/c29-19-8-9-24-21(13-19)28(10-12-38-24,27(37)33-22-16-30-15-18-5-1-2-6-20(18)22)14-25(36)35-11-4-3-7-23(35)26-31-17-32-34-26/h1-2,5-6,8-9,13,15-17,23H,3-4,7,10-12,14H2,(H,33,37)(H,31,32,34)/t23-,28+/m0/s1. The molecular formula is C28H27ClN6O3. The van der Waals surface area contributed by atoms with Crippen molar-refractivity contribution in [3.8, 4) is 5.75 Å². The molecule has 2 amide bonds. The zero-order valence-electron chi connectivity index (χ0n) is 20.7. The number of likely N-dealkylation sites (tertiary alicyclic amines) is 1. The minimum atomic E-state index is -1.18. The second kappa shape index (κ2) is 10.1. The number of hydrogen-bond donors (Lipinski definition) is 2. The number of ether oxygens (including phenoxy) is 1. The molecule has 2 aliphatic heterocycles. The minimum Gasteiger partial charge on any atom is -0.493 e. The number of amides is 2. The summed E-state index contributed by atoms with van der Waals surface area (Å²) in [5, 5.41) is 12.3. The first kappa shape index (κ1) is 24.4. The highest BCUT2D eigenvalue weighted by Gasteiger charge is 2.48. The van der Waals surface area contributed by atoms with E-state index in [1.807, 2.05) is 29.2 Å². The Morgan fingerprint density at radius 1 is 1.18 bits per heavy atom. The maximum Gasteiger partial charge on any atom is 0.235 e. The van der Waals surface area contributed by atoms with Crippen molar-refractivity contribution in [2.75, 3.05) is 18.5 Å². The van der Waals surface area contributed by atoms with Gasteiger partial charge in [-0.2, -0.15) is 5.10 Å². The van der Waals surface area contributed by atoms with Gasteiger partial charge in [0.1, 0.15) is 17.9 Å². The molecule has 0 aliphatic carbocycles. The maximum atomic E-state index is 14.3. The van der Waals surface area contributed by atoms with E-state index >= 15 is 0 Å². The maximum absolute atomic E-state index is 14.3. The highest BCUT2D eigenvalue weighted by atomic mass is 35.5. The normalized spacial score (nSPS) is 21.0. The summed E-state index contributed by atoms with van der Waals surface area (Å²) in [6, 6.07) is 12.8. The predicted octanol–water partition coefficient (Wildman–Crippen LogP) is 4.81. The molecule has 1 saturated heterocycles. The summed E-state index contributed by atoms with van der Waals surface area (Å²) < 4.78 is 5.91. The van der Waals surface area contributed by atoms with Crippen LogP contribution < -0.4 is 10.1 Å². The third-order valence-electron chi connectivity index (χ3n) is 7.62. The quantitative estimate of drug-likeness (QED) is 0.383. The van der Waals surface area contributed by atoms with Gasteiger partial charge < -0.3 is 15.0 Å². The van der Waals surface area contributed by atoms with Crippen LogP contribution >= 0.6 is 11.6 Å². The summed E-state index contributed by atoms with van der Waals surface area (Å²) in [5.41, 5.74) is 0.0201. The summed E-state index contributed by atoms with van der Waals surface area (Å²) in [6.45, 7) is 0.892. The van der Waals surface area contributed by atoms with Crippen LogP contribution in [0.25, 0.3) is 10.8 Å². The molecule has 2 N–H and O–H groups in total. The number of rotatable bonds is 5. The van der Waals surface area contributed by atoms with Gasteiger partial charge in [-0.25, -0.2) is 4.98 Å². The van der Waals surface area contributed by atoms with E-state index in [1.165, 1.54) is 6.33 Å². The SMILES string of the molecule is O=C(C[C@]1(C(=O)Nc2cncc3ccccc23)CCOc2ccc(Cl)cc21)N1CCCC[C@H]1c1ncn[nH]1. The van der Waals surface area contributed by atoms with Crippen molar-refractivity contribution in [1.29, 1.82) is 0 Å². The number of aromatic amines is 1. The van der Waals surface area contributed by atoms with Crippen LogP contribution in [0.1, 0.15) is 49.5 Å². The van der Waals surface area contributed by atoms with Crippen LogP contribution in [0.4, 0.5) is 5.69 Å². The number of halogens is 1. The average molecular weight is 531 g/mol. The van der Waals surface area contributed by atoms with E-state index in [0.717, 1.165) is 30.0 Å². The highest BCUT2D eigenvalue weighted by molar-refractivity contribution is 6.30. The molecule has 2 aliphatic rings. The lowest BCUT2D eigenvalue weighted by molar-refractivity contribution is -0.140. The van der Waals surface area contributed by atoms with Gasteiger partial charge in [0.2, 0.25) is 11.8 Å². The molecular weight excluding hydrogens is 504 g/mol. The van der Waals surface area contributed by atoms with Gasteiger partial charge in [-0.05, 0) is 37.5 Å². The minimum absolute atomic E-state index is 0.0294. The lowest BCUT2D eigenvalue weighted by Crippen LogP contribution is -2.49. The van der Waals surface area contributed by atoms with E-state index in [9.17, 15) is 9.59 Å². The smallest absolute Gasteiger partial charge is 0.235 e. The fraction of sp³-hybridized carbons (Fsp3) is 0.321. The number of pyridine rings is 1. The Morgan fingerprint density at radius 2 is 2.08 bits per heavy atom. The highest BCUT2D eigenvalue weighted by Crippen LogP contribution is 2.45. The molecule has 1 fully saturated rings. The molecule has 0 unspecified atom stereocenters. The first-order valence-electron chi connectivity index (χ1n) is 12.8. The first-order valence-corrected chi connectivity index (χ1v) is 13.1. The average Bonchev–Trinajstić information content (AvgIpc) is 3.48. The number of fused-ring (bicyclic) bond motifs is 2. The van der Waals surface area contributed by atoms with Crippen LogP contribution in [-0.2, 0) is 15.0 Å². The second-order valence-corrected chi connectivity index (χ2v) is 10.3. The number of benzene rings is 2. The number of aromatic nitrogens is 4. The van der Waals surface area contributed by atoms with Gasteiger partial charge in [-0.3, -0.25) is 19.7 Å². The number of piperidine rings is 1. The number of anilines is 1. The first-order chi connectivity index (χ1) is 18.5. The number of carbonyl (C=O) groups is 2. The molecule has 194 valence electrons. The lowest BCUT2D eigenvalue weighted by Gasteiger charge is -2.40. The van der Waals surface area contributed by atoms with Crippen molar-refractivity contribution in [2.24, 2.45) is 0 Å². The number of H-pyrrole nitrogens is 1. The molecule has 0 spiro atoms. The summed E-state index contributed by atoms with van der Waals surface area (Å²) in [5.74, 6) is 0.813. The zero-order valence-corrected chi connectivity index (χ0v) is 21.4. The molecule has 9 nitrogen and oxygen atoms in total. The van der Waals surface area contributed by atoms with E-state index in [-0.39, 0.29) is 24.3 Å². The van der Waals surface area contributed by atoms with Crippen molar-refractivity contribution in [3.05, 3.63) is 77.6 Å². The van der Waals surface area contributed by atoms with E-state index in [2.05, 4.69) is 25.5 Å². The van der Waals surface area contributed by atoms with Gasteiger partial charge in [0.15, 0.2) is 0 Å². The van der Waals surface area contributed by atoms with Crippen molar-refractivity contribution < 1.29 is 14.3 Å². The second-order valence-electron chi connectivity index (χ2n) is 9.83. The molecule has 0 saturated carbocycles. The van der Waals surface area contributed by atoms with E-state index in [4.69, 9.17) is 16.3 Å². The monoisotopic (exact) mass is 530 g/mol. The van der Waals surface area contributed by atoms with Gasteiger partial charge in [-0.1, -0.05) is 35.9 Å². The third-order valence-corrected chi connectivity index (χ3v) is 7.86. The Morgan fingerprint density at radius 3 is 2.95 bits per heavy atom. The predicted molar refractivity (Wildman–Crippen MR) is 143 cm³/mol. The topological polar surface area (TPSA) is 113 Å². The van der Waals surface area contributed by atoms with Gasteiger partial charge in [0.05, 0.1) is 29.9 Å². The Bertz CT molecular complexity index is 1490. The molecule has 2 aromatic heterocycles. The zero-order chi connectivity index (χ0) is 26.1. The summed E-state index contributed by atoms with van der Waals surface area (Å²) >= 11 is 6.41. The number of carbonyl (C=O) groups excluding carboxylic acids is 2. The van der Waals surface area contributed by atoms with Gasteiger partial charge >= 0.3 is 0 Å². The molecule has 2 atom stereocenters. The summed E-state index contributed by atoms with van der Waals surface area (Å²) in [6.07, 6.45) is 7.81. The number of nitrogens with zero attached hydrogens (tertiary/aromatic N) is 4. The lowest BCUT2D eigenvalue weighted by atomic mass is 9.72. The van der Waals surface area contributed by atoms with Gasteiger partial charge in [0, 0.05) is 46.9 Å². The Balaban J connectivity index is 1.39. The molecule has 4 heterocycles. The largest absolute Gasteiger partial charge is 0.493 e. The van der Waals surface area contributed by atoms with E-state index in [0.29, 0.717) is 47.4 Å². The summed E-state index contributed by atoms with van der Waals surface area (Å²) in [4.78, 5) is 38.8. The van der Waals surface area contributed by atoms with E-state index in [1.54, 1.807) is 30.6 Å². The van der Waals surface area contributed by atoms with Gasteiger partial charge in [0.25, 0.3) is 0 Å². The molecule has 4 aromatic rings. The van der Waals surface area contributed by atoms with Crippen LogP contribution in [0.5, 0.6) is 5.75 Å². The van der Waals surface area contributed by atoms with Crippen molar-refractivity contribution in [1.82, 2.24) is 25.1 Å².